The molecule has 1 heterocycles. The molecule has 2 nitrogen and oxygen atoms in total. The minimum Gasteiger partial charge on any atom is -0.393 e. The highest BCUT2D eigenvalue weighted by Gasteiger charge is 2.43. The number of aliphatic hydroxyl groups excluding tert-OH is 1. The number of ether oxygens (including phenoxy) is 1. The van der Waals surface area contributed by atoms with E-state index in [0.717, 1.165) is 19.6 Å². The monoisotopic (exact) mass is 128 g/mol. The minimum absolute atomic E-state index is 0.0579. The molecule has 1 saturated heterocycles. The van der Waals surface area contributed by atoms with Crippen LogP contribution in [0.2, 0.25) is 0 Å². The second-order valence-corrected chi connectivity index (χ2v) is 3.09. The van der Waals surface area contributed by atoms with Crippen molar-refractivity contribution in [1.29, 1.82) is 0 Å². The van der Waals surface area contributed by atoms with Gasteiger partial charge in [0.05, 0.1) is 6.10 Å². The predicted molar refractivity (Wildman–Crippen MR) is 33.0 cm³/mol. The molecule has 1 N–H and O–H groups in total. The molecule has 9 heavy (non-hydrogen) atoms. The normalized spacial score (nSPS) is 49.7. The standard InChI is InChI=1S/C7H12O2/c8-7-1-2-9-4-5-3-6(5)7/h5-8H,1-4H2. The van der Waals surface area contributed by atoms with Crippen LogP contribution in [0, 0.1) is 11.8 Å². The maximum Gasteiger partial charge on any atom is 0.0593 e. The summed E-state index contributed by atoms with van der Waals surface area (Å²) in [5.41, 5.74) is 0. The topological polar surface area (TPSA) is 29.5 Å². The van der Waals surface area contributed by atoms with Crippen LogP contribution in [0.5, 0.6) is 0 Å². The summed E-state index contributed by atoms with van der Waals surface area (Å²) in [6, 6.07) is 0. The lowest BCUT2D eigenvalue weighted by Crippen LogP contribution is -2.10. The van der Waals surface area contributed by atoms with E-state index in [-0.39, 0.29) is 6.10 Å². The van der Waals surface area contributed by atoms with Crippen molar-refractivity contribution in [3.05, 3.63) is 0 Å². The fraction of sp³-hybridized carbons (Fsp3) is 1.00. The molecule has 0 aromatic rings. The highest BCUT2D eigenvalue weighted by molar-refractivity contribution is 4.92. The Labute approximate surface area is 54.8 Å². The highest BCUT2D eigenvalue weighted by Crippen LogP contribution is 2.43. The SMILES string of the molecule is OC1CCOCC2CC12. The van der Waals surface area contributed by atoms with Crippen LogP contribution < -0.4 is 0 Å². The molecular formula is C7H12O2. The highest BCUT2D eigenvalue weighted by atomic mass is 16.5. The quantitative estimate of drug-likeness (QED) is 0.512. The van der Waals surface area contributed by atoms with Crippen LogP contribution in [0.1, 0.15) is 12.8 Å². The van der Waals surface area contributed by atoms with Crippen LogP contribution in [0.3, 0.4) is 0 Å². The van der Waals surface area contributed by atoms with Crippen LogP contribution >= 0.6 is 0 Å². The lowest BCUT2D eigenvalue weighted by molar-refractivity contribution is 0.0990. The average Bonchev–Trinajstić information content (AvgIpc) is 2.55. The first-order chi connectivity index (χ1) is 4.38. The van der Waals surface area contributed by atoms with Crippen LogP contribution in [0.15, 0.2) is 0 Å². The molecule has 1 aliphatic heterocycles. The lowest BCUT2D eigenvalue weighted by atomic mass is 10.1. The first-order valence-electron chi connectivity index (χ1n) is 3.64. The Hall–Kier alpha value is -0.0800. The van der Waals surface area contributed by atoms with Crippen molar-refractivity contribution in [1.82, 2.24) is 0 Å². The van der Waals surface area contributed by atoms with Crippen molar-refractivity contribution in [2.45, 2.75) is 18.9 Å². The number of fused-ring (bicyclic) bond motifs is 1. The molecule has 0 spiro atoms. The Bertz CT molecular complexity index is 113. The van der Waals surface area contributed by atoms with Gasteiger partial charge in [-0.05, 0) is 24.7 Å². The molecule has 1 saturated carbocycles. The van der Waals surface area contributed by atoms with Crippen molar-refractivity contribution in [3.63, 3.8) is 0 Å². The zero-order chi connectivity index (χ0) is 6.27. The maximum absolute atomic E-state index is 9.32. The largest absolute Gasteiger partial charge is 0.393 e. The van der Waals surface area contributed by atoms with Gasteiger partial charge in [-0.2, -0.15) is 0 Å². The molecule has 0 radical (unpaired) electrons. The van der Waals surface area contributed by atoms with Crippen molar-refractivity contribution in [2.24, 2.45) is 11.8 Å². The molecule has 2 aliphatic rings. The van der Waals surface area contributed by atoms with E-state index in [1.165, 1.54) is 6.42 Å². The first-order valence-corrected chi connectivity index (χ1v) is 3.64. The molecule has 0 aromatic heterocycles. The van der Waals surface area contributed by atoms with Crippen LogP contribution in [-0.2, 0) is 4.74 Å². The van der Waals surface area contributed by atoms with E-state index < -0.39 is 0 Å². The van der Waals surface area contributed by atoms with Crippen LogP contribution in [0.25, 0.3) is 0 Å². The van der Waals surface area contributed by atoms with E-state index in [0.29, 0.717) is 11.8 Å². The Kier molecular flexibility index (Phi) is 1.24. The molecule has 3 unspecified atom stereocenters. The second kappa shape index (κ2) is 1.96. The average molecular weight is 128 g/mol. The Morgan fingerprint density at radius 1 is 1.44 bits per heavy atom. The molecule has 0 bridgehead atoms. The molecule has 1 aliphatic carbocycles. The molecule has 2 rings (SSSR count). The molecule has 2 fully saturated rings. The smallest absolute Gasteiger partial charge is 0.0593 e. The van der Waals surface area contributed by atoms with E-state index in [1.54, 1.807) is 0 Å². The minimum atomic E-state index is -0.0579. The van der Waals surface area contributed by atoms with Gasteiger partial charge in [0.1, 0.15) is 0 Å². The summed E-state index contributed by atoms with van der Waals surface area (Å²) in [4.78, 5) is 0. The summed E-state index contributed by atoms with van der Waals surface area (Å²) in [6.45, 7) is 1.65. The first kappa shape index (κ1) is 5.69. The van der Waals surface area contributed by atoms with Crippen molar-refractivity contribution in [3.8, 4) is 0 Å². The summed E-state index contributed by atoms with van der Waals surface area (Å²) >= 11 is 0. The van der Waals surface area contributed by atoms with Gasteiger partial charge < -0.3 is 9.84 Å². The summed E-state index contributed by atoms with van der Waals surface area (Å²) in [5, 5.41) is 9.32. The van der Waals surface area contributed by atoms with Crippen molar-refractivity contribution < 1.29 is 9.84 Å². The molecule has 52 valence electrons. The summed E-state index contributed by atoms with van der Waals surface area (Å²) in [7, 11) is 0. The Morgan fingerprint density at radius 2 is 2.33 bits per heavy atom. The molecular weight excluding hydrogens is 116 g/mol. The van der Waals surface area contributed by atoms with Gasteiger partial charge >= 0.3 is 0 Å². The van der Waals surface area contributed by atoms with Gasteiger partial charge in [0.2, 0.25) is 0 Å². The lowest BCUT2D eigenvalue weighted by Gasteiger charge is -2.03. The van der Waals surface area contributed by atoms with E-state index in [4.69, 9.17) is 4.74 Å². The summed E-state index contributed by atoms with van der Waals surface area (Å²) in [5.74, 6) is 1.29. The zero-order valence-electron chi connectivity index (χ0n) is 5.42. The predicted octanol–water partition coefficient (Wildman–Crippen LogP) is 0.404. The maximum atomic E-state index is 9.32. The number of hydrogen-bond acceptors (Lipinski definition) is 2. The van der Waals surface area contributed by atoms with Crippen LogP contribution in [0.4, 0.5) is 0 Å². The number of aliphatic hydroxyl groups is 1. The Morgan fingerprint density at radius 3 is 3.22 bits per heavy atom. The Balaban J connectivity index is 1.96. The second-order valence-electron chi connectivity index (χ2n) is 3.09. The third-order valence-corrected chi connectivity index (χ3v) is 2.36. The fourth-order valence-corrected chi connectivity index (χ4v) is 1.59. The number of hydrogen-bond donors (Lipinski definition) is 1. The third-order valence-electron chi connectivity index (χ3n) is 2.36. The van der Waals surface area contributed by atoms with Gasteiger partial charge in [0, 0.05) is 13.2 Å². The van der Waals surface area contributed by atoms with E-state index >= 15 is 0 Å². The fourth-order valence-electron chi connectivity index (χ4n) is 1.59. The van der Waals surface area contributed by atoms with E-state index in [1.807, 2.05) is 0 Å². The molecule has 3 atom stereocenters. The van der Waals surface area contributed by atoms with Crippen molar-refractivity contribution >= 4 is 0 Å². The van der Waals surface area contributed by atoms with Crippen LogP contribution in [-0.4, -0.2) is 24.4 Å². The van der Waals surface area contributed by atoms with Gasteiger partial charge in [-0.3, -0.25) is 0 Å². The van der Waals surface area contributed by atoms with Gasteiger partial charge in [-0.1, -0.05) is 0 Å². The van der Waals surface area contributed by atoms with Gasteiger partial charge in [-0.15, -0.1) is 0 Å². The summed E-state index contributed by atoms with van der Waals surface area (Å²) in [6.07, 6.45) is 1.99. The molecule has 2 heteroatoms. The zero-order valence-corrected chi connectivity index (χ0v) is 5.42. The number of rotatable bonds is 0. The summed E-state index contributed by atoms with van der Waals surface area (Å²) < 4.78 is 5.26. The van der Waals surface area contributed by atoms with Crippen molar-refractivity contribution in [2.75, 3.05) is 13.2 Å². The van der Waals surface area contributed by atoms with E-state index in [2.05, 4.69) is 0 Å². The van der Waals surface area contributed by atoms with Gasteiger partial charge in [0.25, 0.3) is 0 Å². The molecule has 0 aromatic carbocycles. The molecule has 0 amide bonds. The third kappa shape index (κ3) is 0.970. The van der Waals surface area contributed by atoms with Gasteiger partial charge in [0.15, 0.2) is 0 Å². The van der Waals surface area contributed by atoms with Gasteiger partial charge in [-0.25, -0.2) is 0 Å². The van der Waals surface area contributed by atoms with E-state index in [9.17, 15) is 5.11 Å².